The SMILES string of the molecule is COC12CCC(c3ccc(CNC(=O)C4CCCC4)cc3)(CC1)CC2. The lowest BCUT2D eigenvalue weighted by atomic mass is 9.56. The zero-order chi connectivity index (χ0) is 17.3. The predicted molar refractivity (Wildman–Crippen MR) is 99.4 cm³/mol. The molecule has 136 valence electrons. The van der Waals surface area contributed by atoms with Gasteiger partial charge >= 0.3 is 0 Å². The molecule has 2 bridgehead atoms. The molecule has 0 unspecified atom stereocenters. The monoisotopic (exact) mass is 341 g/mol. The molecule has 0 aliphatic heterocycles. The number of benzene rings is 1. The fourth-order valence-electron chi connectivity index (χ4n) is 5.39. The molecule has 1 aromatic rings. The summed E-state index contributed by atoms with van der Waals surface area (Å²) >= 11 is 0. The van der Waals surface area contributed by atoms with Gasteiger partial charge < -0.3 is 10.1 Å². The molecule has 0 radical (unpaired) electrons. The van der Waals surface area contributed by atoms with Crippen LogP contribution in [0.4, 0.5) is 0 Å². The first kappa shape index (κ1) is 17.1. The van der Waals surface area contributed by atoms with Crippen molar-refractivity contribution in [2.45, 2.75) is 81.8 Å². The number of amides is 1. The van der Waals surface area contributed by atoms with Gasteiger partial charge in [-0.15, -0.1) is 0 Å². The molecule has 1 N–H and O–H groups in total. The average Bonchev–Trinajstić information content (AvgIpc) is 3.23. The first-order chi connectivity index (χ1) is 12.1. The number of ether oxygens (including phenoxy) is 1. The van der Waals surface area contributed by atoms with E-state index >= 15 is 0 Å². The van der Waals surface area contributed by atoms with Crippen molar-refractivity contribution in [3.8, 4) is 0 Å². The number of carbonyl (C=O) groups is 1. The van der Waals surface area contributed by atoms with Crippen LogP contribution in [0, 0.1) is 5.92 Å². The summed E-state index contributed by atoms with van der Waals surface area (Å²) in [5, 5.41) is 3.13. The standard InChI is InChI=1S/C22H31NO2/c1-25-22-13-10-21(11-14-22,12-15-22)19-8-6-17(7-9-19)16-23-20(24)18-4-2-3-5-18/h6-9,18H,2-5,10-16H2,1H3,(H,23,24). The summed E-state index contributed by atoms with van der Waals surface area (Å²) in [6, 6.07) is 9.04. The quantitative estimate of drug-likeness (QED) is 0.857. The lowest BCUT2D eigenvalue weighted by Crippen LogP contribution is -2.49. The molecule has 1 aromatic carbocycles. The molecule has 5 rings (SSSR count). The van der Waals surface area contributed by atoms with Gasteiger partial charge in [-0.25, -0.2) is 0 Å². The Morgan fingerprint density at radius 3 is 2.20 bits per heavy atom. The molecule has 0 aromatic heterocycles. The van der Waals surface area contributed by atoms with Crippen molar-refractivity contribution < 1.29 is 9.53 Å². The van der Waals surface area contributed by atoms with E-state index in [1.165, 1.54) is 62.5 Å². The van der Waals surface area contributed by atoms with E-state index < -0.39 is 0 Å². The number of methoxy groups -OCH3 is 1. The fourth-order valence-corrected chi connectivity index (χ4v) is 5.39. The number of carbonyl (C=O) groups excluding carboxylic acids is 1. The van der Waals surface area contributed by atoms with Gasteiger partial charge in [0.15, 0.2) is 0 Å². The maximum absolute atomic E-state index is 12.2. The lowest BCUT2D eigenvalue weighted by molar-refractivity contribution is -0.124. The topological polar surface area (TPSA) is 38.3 Å². The van der Waals surface area contributed by atoms with Crippen molar-refractivity contribution in [3.05, 3.63) is 35.4 Å². The molecule has 25 heavy (non-hydrogen) atoms. The maximum atomic E-state index is 12.2. The largest absolute Gasteiger partial charge is 0.378 e. The number of hydrogen-bond donors (Lipinski definition) is 1. The third-order valence-corrected chi connectivity index (χ3v) is 7.37. The lowest BCUT2D eigenvalue weighted by Gasteiger charge is -2.53. The normalized spacial score (nSPS) is 32.0. The van der Waals surface area contributed by atoms with Gasteiger partial charge in [0.2, 0.25) is 5.91 Å². The number of nitrogens with one attached hydrogen (secondary N) is 1. The van der Waals surface area contributed by atoms with Crippen LogP contribution in [0.3, 0.4) is 0 Å². The Hall–Kier alpha value is -1.35. The van der Waals surface area contributed by atoms with E-state index in [1.54, 1.807) is 0 Å². The predicted octanol–water partition coefficient (Wildman–Crippen LogP) is 4.48. The minimum Gasteiger partial charge on any atom is -0.378 e. The van der Waals surface area contributed by atoms with Crippen LogP contribution in [-0.2, 0) is 21.5 Å². The van der Waals surface area contributed by atoms with Crippen molar-refractivity contribution >= 4 is 5.91 Å². The van der Waals surface area contributed by atoms with E-state index in [1.807, 2.05) is 7.11 Å². The van der Waals surface area contributed by atoms with Gasteiger partial charge in [-0.05, 0) is 67.9 Å². The molecule has 4 aliphatic carbocycles. The van der Waals surface area contributed by atoms with Crippen LogP contribution < -0.4 is 5.32 Å². The minimum atomic E-state index is 0.173. The highest BCUT2D eigenvalue weighted by molar-refractivity contribution is 5.78. The molecule has 4 aliphatic rings. The second-order valence-corrected chi connectivity index (χ2v) is 8.56. The van der Waals surface area contributed by atoms with Gasteiger partial charge in [0.05, 0.1) is 5.60 Å². The second kappa shape index (κ2) is 6.75. The first-order valence-electron chi connectivity index (χ1n) is 10.1. The second-order valence-electron chi connectivity index (χ2n) is 8.56. The van der Waals surface area contributed by atoms with Gasteiger partial charge in [-0.1, -0.05) is 37.1 Å². The third-order valence-electron chi connectivity index (χ3n) is 7.37. The minimum absolute atomic E-state index is 0.173. The fraction of sp³-hybridized carbons (Fsp3) is 0.682. The summed E-state index contributed by atoms with van der Waals surface area (Å²) in [5.41, 5.74) is 3.24. The van der Waals surface area contributed by atoms with Crippen LogP contribution in [0.5, 0.6) is 0 Å². The zero-order valence-electron chi connectivity index (χ0n) is 15.5. The number of fused-ring (bicyclic) bond motifs is 3. The van der Waals surface area contributed by atoms with Crippen LogP contribution in [0.15, 0.2) is 24.3 Å². The maximum Gasteiger partial charge on any atom is 0.223 e. The number of hydrogen-bond acceptors (Lipinski definition) is 2. The first-order valence-corrected chi connectivity index (χ1v) is 10.1. The molecule has 3 heteroatoms. The van der Waals surface area contributed by atoms with Crippen molar-refractivity contribution in [3.63, 3.8) is 0 Å². The zero-order valence-corrected chi connectivity index (χ0v) is 15.5. The summed E-state index contributed by atoms with van der Waals surface area (Å²) in [6.07, 6.45) is 11.9. The smallest absolute Gasteiger partial charge is 0.223 e. The third kappa shape index (κ3) is 3.23. The summed E-state index contributed by atoms with van der Waals surface area (Å²) in [7, 11) is 1.88. The summed E-state index contributed by atoms with van der Waals surface area (Å²) in [5.74, 6) is 0.499. The molecular weight excluding hydrogens is 310 g/mol. The van der Waals surface area contributed by atoms with Crippen LogP contribution in [0.1, 0.15) is 75.3 Å². The highest BCUT2D eigenvalue weighted by Crippen LogP contribution is 2.54. The number of rotatable bonds is 5. The van der Waals surface area contributed by atoms with Gasteiger partial charge in [-0.3, -0.25) is 4.79 Å². The molecule has 0 heterocycles. The van der Waals surface area contributed by atoms with Crippen molar-refractivity contribution in [1.82, 2.24) is 5.32 Å². The van der Waals surface area contributed by atoms with Crippen molar-refractivity contribution in [1.29, 1.82) is 0 Å². The summed E-state index contributed by atoms with van der Waals surface area (Å²) in [6.45, 7) is 0.662. The Balaban J connectivity index is 1.37. The van der Waals surface area contributed by atoms with E-state index in [0.717, 1.165) is 12.8 Å². The van der Waals surface area contributed by atoms with Gasteiger partial charge in [0.25, 0.3) is 0 Å². The van der Waals surface area contributed by atoms with Crippen molar-refractivity contribution in [2.24, 2.45) is 5.92 Å². The van der Waals surface area contributed by atoms with E-state index in [9.17, 15) is 4.79 Å². The molecule has 4 saturated carbocycles. The van der Waals surface area contributed by atoms with Gasteiger partial charge in [0.1, 0.15) is 0 Å². The molecule has 0 saturated heterocycles. The van der Waals surface area contributed by atoms with E-state index in [4.69, 9.17) is 4.74 Å². The highest BCUT2D eigenvalue weighted by atomic mass is 16.5. The Labute approximate surface area is 151 Å². The molecule has 0 atom stereocenters. The Bertz CT molecular complexity index is 591. The van der Waals surface area contributed by atoms with Crippen molar-refractivity contribution in [2.75, 3.05) is 7.11 Å². The van der Waals surface area contributed by atoms with Crippen LogP contribution in [0.25, 0.3) is 0 Å². The van der Waals surface area contributed by atoms with Gasteiger partial charge in [0, 0.05) is 19.6 Å². The average molecular weight is 341 g/mol. The Morgan fingerprint density at radius 1 is 1.04 bits per heavy atom. The van der Waals surface area contributed by atoms with Crippen LogP contribution >= 0.6 is 0 Å². The van der Waals surface area contributed by atoms with Gasteiger partial charge in [-0.2, -0.15) is 0 Å². The molecular formula is C22H31NO2. The Kier molecular flexibility index (Phi) is 4.61. The molecule has 4 fully saturated rings. The summed E-state index contributed by atoms with van der Waals surface area (Å²) in [4.78, 5) is 12.2. The van der Waals surface area contributed by atoms with Crippen LogP contribution in [0.2, 0.25) is 0 Å². The van der Waals surface area contributed by atoms with Crippen LogP contribution in [-0.4, -0.2) is 18.6 Å². The van der Waals surface area contributed by atoms with E-state index in [0.29, 0.717) is 12.0 Å². The summed E-state index contributed by atoms with van der Waals surface area (Å²) < 4.78 is 5.82. The van der Waals surface area contributed by atoms with E-state index in [2.05, 4.69) is 29.6 Å². The Morgan fingerprint density at radius 2 is 1.64 bits per heavy atom. The molecule has 1 amide bonds. The highest BCUT2D eigenvalue weighted by Gasteiger charge is 2.49. The van der Waals surface area contributed by atoms with E-state index in [-0.39, 0.29) is 17.4 Å². The molecule has 0 spiro atoms. The molecule has 3 nitrogen and oxygen atoms in total.